The Morgan fingerprint density at radius 2 is 2.22 bits per heavy atom. The highest BCUT2D eigenvalue weighted by Gasteiger charge is 2.27. The summed E-state index contributed by atoms with van der Waals surface area (Å²) in [5.41, 5.74) is 5.62. The number of carbonyl (C=O) groups excluding carboxylic acids is 2. The number of rotatable bonds is 2. The third-order valence-corrected chi connectivity index (χ3v) is 2.85. The maximum atomic E-state index is 14.2. The molecule has 96 valence electrons. The van der Waals surface area contributed by atoms with Crippen LogP contribution in [0.5, 0.6) is 0 Å². The molecule has 1 aromatic carbocycles. The van der Waals surface area contributed by atoms with Gasteiger partial charge in [0.1, 0.15) is 0 Å². The van der Waals surface area contributed by atoms with Crippen molar-refractivity contribution in [3.8, 4) is 0 Å². The molecule has 1 aliphatic heterocycles. The lowest BCUT2D eigenvalue weighted by atomic mass is 10.1. The van der Waals surface area contributed by atoms with Crippen LogP contribution < -0.4 is 10.6 Å². The van der Waals surface area contributed by atoms with E-state index in [4.69, 9.17) is 5.73 Å². The van der Waals surface area contributed by atoms with Crippen molar-refractivity contribution in [3.05, 3.63) is 23.5 Å². The molecule has 5 nitrogen and oxygen atoms in total. The minimum absolute atomic E-state index is 0.0397. The minimum Gasteiger partial charge on any atom is -0.465 e. The molecular weight excluding hydrogens is 239 g/mol. The normalized spacial score (nSPS) is 15.0. The molecule has 0 bridgehead atoms. The number of anilines is 2. The van der Waals surface area contributed by atoms with Crippen molar-refractivity contribution in [2.24, 2.45) is 0 Å². The second kappa shape index (κ2) is 4.64. The Morgan fingerprint density at radius 1 is 1.50 bits per heavy atom. The van der Waals surface area contributed by atoms with Crippen molar-refractivity contribution < 1.29 is 18.7 Å². The molecule has 0 spiro atoms. The average molecular weight is 252 g/mol. The van der Waals surface area contributed by atoms with Crippen LogP contribution in [0.3, 0.4) is 0 Å². The zero-order valence-electron chi connectivity index (χ0n) is 9.90. The Bertz CT molecular complexity index is 516. The summed E-state index contributed by atoms with van der Waals surface area (Å²) in [6.07, 6.45) is 1.04. The summed E-state index contributed by atoms with van der Waals surface area (Å²) in [6, 6.07) is 2.55. The fourth-order valence-corrected chi connectivity index (χ4v) is 1.99. The number of amides is 1. The van der Waals surface area contributed by atoms with Crippen LogP contribution in [0.15, 0.2) is 12.1 Å². The van der Waals surface area contributed by atoms with E-state index in [0.29, 0.717) is 19.4 Å². The molecule has 0 radical (unpaired) electrons. The smallest absolute Gasteiger partial charge is 0.341 e. The SMILES string of the molecule is COC(=O)c1cc(N)cc(N2CCCC2=O)c1F. The maximum absolute atomic E-state index is 14.2. The fraction of sp³-hybridized carbons (Fsp3) is 0.333. The van der Waals surface area contributed by atoms with E-state index in [9.17, 15) is 14.0 Å². The van der Waals surface area contributed by atoms with E-state index in [1.54, 1.807) is 0 Å². The van der Waals surface area contributed by atoms with E-state index >= 15 is 0 Å². The molecule has 18 heavy (non-hydrogen) atoms. The second-order valence-electron chi connectivity index (χ2n) is 4.04. The van der Waals surface area contributed by atoms with Gasteiger partial charge in [-0.1, -0.05) is 0 Å². The zero-order chi connectivity index (χ0) is 13.3. The predicted octanol–water partition coefficient (Wildman–Crippen LogP) is 1.32. The molecule has 1 fully saturated rings. The Morgan fingerprint density at radius 3 is 2.78 bits per heavy atom. The van der Waals surface area contributed by atoms with Gasteiger partial charge in [0.25, 0.3) is 0 Å². The van der Waals surface area contributed by atoms with E-state index in [2.05, 4.69) is 4.74 Å². The van der Waals surface area contributed by atoms with Crippen molar-refractivity contribution in [1.82, 2.24) is 0 Å². The van der Waals surface area contributed by atoms with E-state index in [0.717, 1.165) is 7.11 Å². The standard InChI is InChI=1S/C12H13FN2O3/c1-18-12(17)8-5-7(14)6-9(11(8)13)15-4-2-3-10(15)16/h5-6H,2-4,14H2,1H3. The molecule has 0 atom stereocenters. The van der Waals surface area contributed by atoms with Crippen LogP contribution in [0.25, 0.3) is 0 Å². The summed E-state index contributed by atoms with van der Waals surface area (Å²) in [5, 5.41) is 0. The topological polar surface area (TPSA) is 72.6 Å². The van der Waals surface area contributed by atoms with Crippen LogP contribution in [-0.2, 0) is 9.53 Å². The molecule has 2 N–H and O–H groups in total. The summed E-state index contributed by atoms with van der Waals surface area (Å²) in [6.45, 7) is 0.430. The summed E-state index contributed by atoms with van der Waals surface area (Å²) >= 11 is 0. The van der Waals surface area contributed by atoms with Crippen molar-refractivity contribution in [2.75, 3.05) is 24.3 Å². The van der Waals surface area contributed by atoms with E-state index in [1.165, 1.54) is 17.0 Å². The van der Waals surface area contributed by atoms with Gasteiger partial charge >= 0.3 is 5.97 Å². The molecule has 1 aromatic rings. The van der Waals surface area contributed by atoms with Gasteiger partial charge in [-0.2, -0.15) is 0 Å². The van der Waals surface area contributed by atoms with Gasteiger partial charge in [0.15, 0.2) is 5.82 Å². The molecular formula is C12H13FN2O3. The average Bonchev–Trinajstić information content (AvgIpc) is 2.77. The Hall–Kier alpha value is -2.11. The molecule has 0 aliphatic carbocycles. The number of nitrogens with two attached hydrogens (primary N) is 1. The highest BCUT2D eigenvalue weighted by Crippen LogP contribution is 2.29. The molecule has 1 saturated heterocycles. The summed E-state index contributed by atoms with van der Waals surface area (Å²) < 4.78 is 18.6. The first-order valence-corrected chi connectivity index (χ1v) is 5.52. The molecule has 0 aromatic heterocycles. The number of carbonyl (C=O) groups is 2. The lowest BCUT2D eigenvalue weighted by molar-refractivity contribution is -0.117. The molecule has 1 aliphatic rings. The van der Waals surface area contributed by atoms with Gasteiger partial charge in [0.05, 0.1) is 18.4 Å². The number of methoxy groups -OCH3 is 1. The highest BCUT2D eigenvalue weighted by atomic mass is 19.1. The van der Waals surface area contributed by atoms with Gasteiger partial charge in [-0.3, -0.25) is 4.79 Å². The quantitative estimate of drug-likeness (QED) is 0.636. The lowest BCUT2D eigenvalue weighted by Gasteiger charge is -2.18. The van der Waals surface area contributed by atoms with Gasteiger partial charge in [0.2, 0.25) is 5.91 Å². The largest absolute Gasteiger partial charge is 0.465 e. The van der Waals surface area contributed by atoms with Crippen LogP contribution in [0.4, 0.5) is 15.8 Å². The van der Waals surface area contributed by atoms with Gasteiger partial charge in [-0.15, -0.1) is 0 Å². The van der Waals surface area contributed by atoms with Gasteiger partial charge < -0.3 is 15.4 Å². The van der Waals surface area contributed by atoms with E-state index in [1.807, 2.05) is 0 Å². The third kappa shape index (κ3) is 2.01. The van der Waals surface area contributed by atoms with Crippen LogP contribution in [-0.4, -0.2) is 25.5 Å². The number of nitrogen functional groups attached to an aromatic ring is 1. The highest BCUT2D eigenvalue weighted by molar-refractivity contribution is 5.98. The van der Waals surface area contributed by atoms with Crippen LogP contribution >= 0.6 is 0 Å². The molecule has 1 heterocycles. The molecule has 2 rings (SSSR count). The van der Waals surface area contributed by atoms with Gasteiger partial charge in [0, 0.05) is 18.7 Å². The van der Waals surface area contributed by atoms with Crippen molar-refractivity contribution in [3.63, 3.8) is 0 Å². The third-order valence-electron chi connectivity index (χ3n) is 2.85. The van der Waals surface area contributed by atoms with E-state index < -0.39 is 11.8 Å². The minimum atomic E-state index is -0.812. The molecule has 6 heteroatoms. The summed E-state index contributed by atoms with van der Waals surface area (Å²) in [4.78, 5) is 24.3. The number of nitrogens with zero attached hydrogens (tertiary/aromatic N) is 1. The van der Waals surface area contributed by atoms with Crippen LogP contribution in [0, 0.1) is 5.82 Å². The number of hydrogen-bond acceptors (Lipinski definition) is 4. The van der Waals surface area contributed by atoms with Crippen molar-refractivity contribution in [1.29, 1.82) is 0 Å². The van der Waals surface area contributed by atoms with Crippen molar-refractivity contribution >= 4 is 23.3 Å². The van der Waals surface area contributed by atoms with Crippen LogP contribution in [0.2, 0.25) is 0 Å². The fourth-order valence-electron chi connectivity index (χ4n) is 1.99. The lowest BCUT2D eigenvalue weighted by Crippen LogP contribution is -2.25. The number of benzene rings is 1. The van der Waals surface area contributed by atoms with Crippen molar-refractivity contribution in [2.45, 2.75) is 12.8 Å². The van der Waals surface area contributed by atoms with E-state index in [-0.39, 0.29) is 22.8 Å². The van der Waals surface area contributed by atoms with Gasteiger partial charge in [-0.05, 0) is 18.6 Å². The Balaban J connectivity index is 2.51. The molecule has 0 saturated carbocycles. The predicted molar refractivity (Wildman–Crippen MR) is 63.7 cm³/mol. The first-order valence-electron chi connectivity index (χ1n) is 5.52. The second-order valence-corrected chi connectivity index (χ2v) is 4.04. The first kappa shape index (κ1) is 12.3. The Kier molecular flexibility index (Phi) is 3.18. The van der Waals surface area contributed by atoms with Gasteiger partial charge in [-0.25, -0.2) is 9.18 Å². The number of halogens is 1. The first-order chi connectivity index (χ1) is 8.54. The zero-order valence-corrected chi connectivity index (χ0v) is 9.90. The van der Waals surface area contributed by atoms with Crippen LogP contribution in [0.1, 0.15) is 23.2 Å². The Labute approximate surface area is 103 Å². The summed E-state index contributed by atoms with van der Waals surface area (Å²) in [7, 11) is 1.16. The number of ether oxygens (including phenoxy) is 1. The monoisotopic (exact) mass is 252 g/mol. The summed E-state index contributed by atoms with van der Waals surface area (Å²) in [5.74, 6) is -1.76. The number of esters is 1. The molecule has 1 amide bonds. The number of hydrogen-bond donors (Lipinski definition) is 1. The maximum Gasteiger partial charge on any atom is 0.341 e. The molecule has 0 unspecified atom stereocenters.